The molecule has 3 rings (SSSR count). The lowest BCUT2D eigenvalue weighted by atomic mass is 9.96. The number of carbonyl (C=O) groups is 1. The molecular weight excluding hydrogens is 319 g/mol. The molecule has 1 aliphatic heterocycles. The van der Waals surface area contributed by atoms with Gasteiger partial charge in [0.15, 0.2) is 0 Å². The number of nitrogens with two attached hydrogens (primary N) is 1. The largest absolute Gasteiger partial charge is 0.368 e. The van der Waals surface area contributed by atoms with Gasteiger partial charge in [-0.05, 0) is 35.7 Å². The molecule has 5 nitrogen and oxygen atoms in total. The third-order valence-electron chi connectivity index (χ3n) is 3.94. The second-order valence-corrected chi connectivity index (χ2v) is 7.29. The predicted molar refractivity (Wildman–Crippen MR) is 82.3 cm³/mol. The molecule has 0 radical (unpaired) electrons. The second kappa shape index (κ2) is 5.75. The quantitative estimate of drug-likeness (QED) is 0.922. The molecule has 2 aromatic carbocycles. The van der Waals surface area contributed by atoms with E-state index >= 15 is 0 Å². The number of benzene rings is 2. The Labute approximate surface area is 133 Å². The van der Waals surface area contributed by atoms with Gasteiger partial charge in [0.05, 0.1) is 4.90 Å². The number of hydrogen-bond donors (Lipinski definition) is 1. The van der Waals surface area contributed by atoms with Gasteiger partial charge in [-0.1, -0.05) is 30.3 Å². The van der Waals surface area contributed by atoms with Crippen LogP contribution in [0, 0.1) is 5.82 Å². The molecule has 0 fully saturated rings. The zero-order chi connectivity index (χ0) is 16.6. The van der Waals surface area contributed by atoms with Crippen molar-refractivity contribution in [2.45, 2.75) is 23.9 Å². The number of nitrogens with zero attached hydrogens (tertiary/aromatic N) is 1. The van der Waals surface area contributed by atoms with Crippen LogP contribution in [0.25, 0.3) is 0 Å². The first kappa shape index (κ1) is 15.6. The highest BCUT2D eigenvalue weighted by Crippen LogP contribution is 2.29. The number of primary amides is 1. The number of halogens is 1. The maximum absolute atomic E-state index is 13.4. The van der Waals surface area contributed by atoms with Gasteiger partial charge in [0, 0.05) is 6.54 Å². The van der Waals surface area contributed by atoms with Crippen LogP contribution in [-0.2, 0) is 27.8 Å². The second-order valence-electron chi connectivity index (χ2n) is 5.40. The summed E-state index contributed by atoms with van der Waals surface area (Å²) in [4.78, 5) is 11.6. The molecular formula is C16H15FN2O3S. The van der Waals surface area contributed by atoms with E-state index < -0.39 is 27.8 Å². The van der Waals surface area contributed by atoms with Crippen LogP contribution in [0.1, 0.15) is 11.1 Å². The summed E-state index contributed by atoms with van der Waals surface area (Å²) in [5.41, 5.74) is 7.10. The van der Waals surface area contributed by atoms with Crippen molar-refractivity contribution < 1.29 is 17.6 Å². The van der Waals surface area contributed by atoms with E-state index in [-0.39, 0.29) is 17.9 Å². The average Bonchev–Trinajstić information content (AvgIpc) is 2.53. The van der Waals surface area contributed by atoms with Gasteiger partial charge in [0.2, 0.25) is 15.9 Å². The number of amides is 1. The molecule has 0 spiro atoms. The summed E-state index contributed by atoms with van der Waals surface area (Å²) in [6.07, 6.45) is 0.208. The molecule has 2 N–H and O–H groups in total. The Hall–Kier alpha value is -2.25. The lowest BCUT2D eigenvalue weighted by Crippen LogP contribution is -2.51. The van der Waals surface area contributed by atoms with E-state index in [1.54, 1.807) is 12.1 Å². The van der Waals surface area contributed by atoms with Gasteiger partial charge in [0.1, 0.15) is 11.9 Å². The highest BCUT2D eigenvalue weighted by Gasteiger charge is 2.38. The van der Waals surface area contributed by atoms with E-state index in [1.807, 2.05) is 12.1 Å². The fourth-order valence-electron chi connectivity index (χ4n) is 2.76. The van der Waals surface area contributed by atoms with Crippen molar-refractivity contribution in [3.05, 3.63) is 65.5 Å². The molecule has 0 aliphatic carbocycles. The van der Waals surface area contributed by atoms with Gasteiger partial charge in [0.25, 0.3) is 0 Å². The van der Waals surface area contributed by atoms with Crippen LogP contribution in [0.5, 0.6) is 0 Å². The molecule has 1 amide bonds. The van der Waals surface area contributed by atoms with Gasteiger partial charge in [-0.15, -0.1) is 0 Å². The lowest BCUT2D eigenvalue weighted by molar-refractivity contribution is -0.122. The monoisotopic (exact) mass is 334 g/mol. The zero-order valence-corrected chi connectivity index (χ0v) is 13.0. The number of fused-ring (bicyclic) bond motifs is 1. The average molecular weight is 334 g/mol. The Morgan fingerprint density at radius 1 is 1.13 bits per heavy atom. The third-order valence-corrected chi connectivity index (χ3v) is 5.79. The summed E-state index contributed by atoms with van der Waals surface area (Å²) >= 11 is 0. The Bertz CT molecular complexity index is 867. The van der Waals surface area contributed by atoms with Gasteiger partial charge < -0.3 is 5.73 Å². The fourth-order valence-corrected chi connectivity index (χ4v) is 4.36. The third kappa shape index (κ3) is 2.85. The molecule has 1 atom stereocenters. The molecule has 7 heteroatoms. The molecule has 2 aromatic rings. The standard InChI is InChI=1S/C16H15FN2O3S/c17-13-6-3-7-14(9-13)23(21,22)19-10-12-5-2-1-4-11(12)8-15(19)16(18)20/h1-7,9,15H,8,10H2,(H2,18,20). The summed E-state index contributed by atoms with van der Waals surface area (Å²) < 4.78 is 40.1. The molecule has 0 saturated carbocycles. The first-order valence-electron chi connectivity index (χ1n) is 7.03. The van der Waals surface area contributed by atoms with E-state index in [0.29, 0.717) is 0 Å². The molecule has 0 aromatic heterocycles. The van der Waals surface area contributed by atoms with Gasteiger partial charge >= 0.3 is 0 Å². The molecule has 0 bridgehead atoms. The zero-order valence-electron chi connectivity index (χ0n) is 12.1. The van der Waals surface area contributed by atoms with Crippen LogP contribution < -0.4 is 5.73 Å². The normalized spacial score (nSPS) is 18.4. The Kier molecular flexibility index (Phi) is 3.91. The minimum absolute atomic E-state index is 0.0304. The van der Waals surface area contributed by atoms with Crippen molar-refractivity contribution in [2.24, 2.45) is 5.73 Å². The van der Waals surface area contributed by atoms with Crippen molar-refractivity contribution >= 4 is 15.9 Å². The van der Waals surface area contributed by atoms with E-state index in [1.165, 1.54) is 12.1 Å². The van der Waals surface area contributed by atoms with Crippen LogP contribution in [0.4, 0.5) is 4.39 Å². The SMILES string of the molecule is NC(=O)C1Cc2ccccc2CN1S(=O)(=O)c1cccc(F)c1. The molecule has 1 heterocycles. The number of sulfonamides is 1. The Morgan fingerprint density at radius 2 is 1.83 bits per heavy atom. The molecule has 1 unspecified atom stereocenters. The summed E-state index contributed by atoms with van der Waals surface area (Å²) in [5, 5.41) is 0. The van der Waals surface area contributed by atoms with Crippen molar-refractivity contribution in [1.29, 1.82) is 0 Å². The molecule has 1 aliphatic rings. The van der Waals surface area contributed by atoms with Gasteiger partial charge in [-0.25, -0.2) is 12.8 Å². The summed E-state index contributed by atoms with van der Waals surface area (Å²) in [6.45, 7) is 0.0304. The first-order valence-corrected chi connectivity index (χ1v) is 8.47. The summed E-state index contributed by atoms with van der Waals surface area (Å²) in [6, 6.07) is 11.0. The first-order chi connectivity index (χ1) is 10.9. The van der Waals surface area contributed by atoms with Crippen LogP contribution >= 0.6 is 0 Å². The van der Waals surface area contributed by atoms with E-state index in [2.05, 4.69) is 0 Å². The van der Waals surface area contributed by atoms with Crippen molar-refractivity contribution in [3.63, 3.8) is 0 Å². The highest BCUT2D eigenvalue weighted by molar-refractivity contribution is 7.89. The van der Waals surface area contributed by atoms with Crippen molar-refractivity contribution in [1.82, 2.24) is 4.31 Å². The van der Waals surface area contributed by atoms with Crippen LogP contribution in [0.3, 0.4) is 0 Å². The summed E-state index contributed by atoms with van der Waals surface area (Å²) in [7, 11) is -4.03. The van der Waals surface area contributed by atoms with Gasteiger partial charge in [-0.3, -0.25) is 4.79 Å². The van der Waals surface area contributed by atoms with E-state index in [4.69, 9.17) is 5.73 Å². The van der Waals surface area contributed by atoms with E-state index in [9.17, 15) is 17.6 Å². The minimum Gasteiger partial charge on any atom is -0.368 e. The highest BCUT2D eigenvalue weighted by atomic mass is 32.2. The fraction of sp³-hybridized carbons (Fsp3) is 0.188. The van der Waals surface area contributed by atoms with E-state index in [0.717, 1.165) is 27.6 Å². The number of carbonyl (C=O) groups excluding carboxylic acids is 1. The smallest absolute Gasteiger partial charge is 0.244 e. The van der Waals surface area contributed by atoms with Gasteiger partial charge in [-0.2, -0.15) is 4.31 Å². The lowest BCUT2D eigenvalue weighted by Gasteiger charge is -2.34. The van der Waals surface area contributed by atoms with Crippen LogP contribution in [-0.4, -0.2) is 24.7 Å². The topological polar surface area (TPSA) is 80.5 Å². The maximum Gasteiger partial charge on any atom is 0.244 e. The number of rotatable bonds is 3. The van der Waals surface area contributed by atoms with Crippen LogP contribution in [0.15, 0.2) is 53.4 Å². The van der Waals surface area contributed by atoms with Crippen molar-refractivity contribution in [3.8, 4) is 0 Å². The molecule has 0 saturated heterocycles. The Balaban J connectivity index is 2.07. The van der Waals surface area contributed by atoms with Crippen molar-refractivity contribution in [2.75, 3.05) is 0 Å². The van der Waals surface area contributed by atoms with Crippen LogP contribution in [0.2, 0.25) is 0 Å². The maximum atomic E-state index is 13.4. The minimum atomic E-state index is -4.03. The molecule has 120 valence electrons. The summed E-state index contributed by atoms with van der Waals surface area (Å²) in [5.74, 6) is -1.38. The number of hydrogen-bond acceptors (Lipinski definition) is 3. The predicted octanol–water partition coefficient (Wildman–Crippen LogP) is 1.43. The Morgan fingerprint density at radius 3 is 2.48 bits per heavy atom. The molecule has 23 heavy (non-hydrogen) atoms.